The molecule has 2 N–H and O–H groups in total. The van der Waals surface area contributed by atoms with Crippen molar-refractivity contribution in [3.8, 4) is 5.75 Å². The maximum Gasteiger partial charge on any atom is 0.326 e. The normalized spacial score (nSPS) is 18.6. The molecule has 1 heterocycles. The summed E-state index contributed by atoms with van der Waals surface area (Å²) >= 11 is 5.94. The Kier molecular flexibility index (Phi) is 4.73. The topological polar surface area (TPSA) is 75.6 Å². The van der Waals surface area contributed by atoms with Gasteiger partial charge in [0, 0.05) is 5.02 Å². The molecule has 0 fully saturated rings. The first-order valence-corrected chi connectivity index (χ1v) is 7.20. The van der Waals surface area contributed by atoms with Crippen molar-refractivity contribution in [3.63, 3.8) is 0 Å². The van der Waals surface area contributed by atoms with E-state index in [1.165, 1.54) is 0 Å². The van der Waals surface area contributed by atoms with Crippen LogP contribution in [0.5, 0.6) is 5.75 Å². The Labute approximate surface area is 128 Å². The maximum atomic E-state index is 12.2. The monoisotopic (exact) mass is 311 g/mol. The predicted molar refractivity (Wildman–Crippen MR) is 78.5 cm³/mol. The Morgan fingerprint density at radius 2 is 2.14 bits per heavy atom. The first-order valence-electron chi connectivity index (χ1n) is 6.83. The van der Waals surface area contributed by atoms with Gasteiger partial charge in [-0.25, -0.2) is 4.79 Å². The molecule has 0 aromatic heterocycles. The van der Waals surface area contributed by atoms with Crippen LogP contribution < -0.4 is 10.1 Å². The number of aliphatic carboxylic acids is 1. The zero-order valence-corrected chi connectivity index (χ0v) is 12.7. The molecule has 0 aliphatic carbocycles. The third-order valence-corrected chi connectivity index (χ3v) is 3.77. The number of halogens is 1. The molecular formula is C15H18ClNO4. The third-order valence-electron chi connectivity index (χ3n) is 3.53. The van der Waals surface area contributed by atoms with E-state index < -0.39 is 17.9 Å². The molecule has 1 aromatic rings. The van der Waals surface area contributed by atoms with Gasteiger partial charge in [-0.3, -0.25) is 4.79 Å². The fourth-order valence-corrected chi connectivity index (χ4v) is 2.51. The first kappa shape index (κ1) is 15.6. The summed E-state index contributed by atoms with van der Waals surface area (Å²) in [4.78, 5) is 23.4. The van der Waals surface area contributed by atoms with Crippen LogP contribution in [0.2, 0.25) is 5.02 Å². The minimum atomic E-state index is -1.03. The second-order valence-corrected chi connectivity index (χ2v) is 5.97. The van der Waals surface area contributed by atoms with Crippen LogP contribution in [0.25, 0.3) is 0 Å². The average Bonchev–Trinajstić information content (AvgIpc) is 2.42. The van der Waals surface area contributed by atoms with Crippen LogP contribution in [0.15, 0.2) is 18.2 Å². The van der Waals surface area contributed by atoms with E-state index in [0.29, 0.717) is 11.4 Å². The number of hydrogen-bond acceptors (Lipinski definition) is 3. The number of amides is 1. The lowest BCUT2D eigenvalue weighted by Gasteiger charge is -2.27. The summed E-state index contributed by atoms with van der Waals surface area (Å²) in [6.07, 6.45) is 0.492. The van der Waals surface area contributed by atoms with Crippen LogP contribution in [0.1, 0.15) is 19.4 Å². The minimum Gasteiger partial charge on any atom is -0.492 e. The number of carboxylic acids is 1. The SMILES string of the molecule is CC(C)[C@@H](NC(=O)C1COc2ccc(Cl)cc2C1)C(=O)O. The molecule has 2 rings (SSSR count). The van der Waals surface area contributed by atoms with Gasteiger partial charge >= 0.3 is 5.97 Å². The van der Waals surface area contributed by atoms with E-state index in [2.05, 4.69) is 5.32 Å². The van der Waals surface area contributed by atoms with Crippen molar-refractivity contribution in [2.24, 2.45) is 11.8 Å². The molecule has 1 aromatic carbocycles. The van der Waals surface area contributed by atoms with E-state index in [0.717, 1.165) is 11.3 Å². The Morgan fingerprint density at radius 1 is 1.43 bits per heavy atom. The van der Waals surface area contributed by atoms with E-state index in [1.807, 2.05) is 0 Å². The predicted octanol–water partition coefficient (Wildman–Crippen LogP) is 2.12. The van der Waals surface area contributed by atoms with Crippen molar-refractivity contribution < 1.29 is 19.4 Å². The summed E-state index contributed by atoms with van der Waals surface area (Å²) in [6, 6.07) is 4.39. The number of ether oxygens (including phenoxy) is 1. The van der Waals surface area contributed by atoms with Crippen molar-refractivity contribution in [3.05, 3.63) is 28.8 Å². The number of fused-ring (bicyclic) bond motifs is 1. The number of carbonyl (C=O) groups excluding carboxylic acids is 1. The highest BCUT2D eigenvalue weighted by Crippen LogP contribution is 2.29. The van der Waals surface area contributed by atoms with Gasteiger partial charge in [0.25, 0.3) is 0 Å². The summed E-state index contributed by atoms with van der Waals surface area (Å²) in [5.74, 6) is -1.20. The van der Waals surface area contributed by atoms with Crippen LogP contribution in [-0.4, -0.2) is 29.6 Å². The zero-order valence-electron chi connectivity index (χ0n) is 11.9. The van der Waals surface area contributed by atoms with Crippen molar-refractivity contribution >= 4 is 23.5 Å². The first-order chi connectivity index (χ1) is 9.88. The van der Waals surface area contributed by atoms with E-state index in [-0.39, 0.29) is 18.4 Å². The van der Waals surface area contributed by atoms with Gasteiger partial charge in [-0.2, -0.15) is 0 Å². The Bertz CT molecular complexity index is 559. The minimum absolute atomic E-state index is 0.183. The fourth-order valence-electron chi connectivity index (χ4n) is 2.32. The molecule has 1 unspecified atom stereocenters. The summed E-state index contributed by atoms with van der Waals surface area (Å²) in [5, 5.41) is 12.3. The van der Waals surface area contributed by atoms with Crippen molar-refractivity contribution in [2.45, 2.75) is 26.3 Å². The number of hydrogen-bond donors (Lipinski definition) is 2. The molecule has 1 amide bonds. The molecule has 0 bridgehead atoms. The molecule has 1 aliphatic rings. The molecular weight excluding hydrogens is 294 g/mol. The molecule has 0 radical (unpaired) electrons. The number of carboxylic acid groups (broad SMARTS) is 1. The van der Waals surface area contributed by atoms with Gasteiger partial charge in [0.1, 0.15) is 18.4 Å². The lowest BCUT2D eigenvalue weighted by Crippen LogP contribution is -2.48. The highest BCUT2D eigenvalue weighted by molar-refractivity contribution is 6.30. The number of rotatable bonds is 4. The summed E-state index contributed by atoms with van der Waals surface area (Å²) in [7, 11) is 0. The highest BCUT2D eigenvalue weighted by Gasteiger charge is 2.30. The third kappa shape index (κ3) is 3.67. The smallest absolute Gasteiger partial charge is 0.326 e. The second-order valence-electron chi connectivity index (χ2n) is 5.53. The van der Waals surface area contributed by atoms with E-state index in [1.54, 1.807) is 32.0 Å². The van der Waals surface area contributed by atoms with Crippen molar-refractivity contribution in [1.82, 2.24) is 5.32 Å². The van der Waals surface area contributed by atoms with Crippen LogP contribution in [0.3, 0.4) is 0 Å². The van der Waals surface area contributed by atoms with Crippen molar-refractivity contribution in [2.75, 3.05) is 6.61 Å². The van der Waals surface area contributed by atoms with Gasteiger partial charge < -0.3 is 15.2 Å². The summed E-state index contributed by atoms with van der Waals surface area (Å²) < 4.78 is 5.55. The van der Waals surface area contributed by atoms with Gasteiger partial charge in [-0.05, 0) is 36.1 Å². The van der Waals surface area contributed by atoms with Gasteiger partial charge in [-0.1, -0.05) is 25.4 Å². The van der Waals surface area contributed by atoms with Crippen LogP contribution >= 0.6 is 11.6 Å². The van der Waals surface area contributed by atoms with Crippen LogP contribution in [0.4, 0.5) is 0 Å². The van der Waals surface area contributed by atoms with E-state index >= 15 is 0 Å². The van der Waals surface area contributed by atoms with E-state index in [4.69, 9.17) is 21.4 Å². The van der Waals surface area contributed by atoms with Gasteiger partial charge in [0.2, 0.25) is 5.91 Å². The van der Waals surface area contributed by atoms with Gasteiger partial charge in [0.15, 0.2) is 0 Å². The molecule has 21 heavy (non-hydrogen) atoms. The maximum absolute atomic E-state index is 12.2. The largest absolute Gasteiger partial charge is 0.492 e. The lowest BCUT2D eigenvalue weighted by atomic mass is 9.95. The molecule has 114 valence electrons. The second kappa shape index (κ2) is 6.35. The van der Waals surface area contributed by atoms with Gasteiger partial charge in [-0.15, -0.1) is 0 Å². The highest BCUT2D eigenvalue weighted by atomic mass is 35.5. The average molecular weight is 312 g/mol. The molecule has 0 saturated carbocycles. The fraction of sp³-hybridized carbons (Fsp3) is 0.467. The molecule has 5 nitrogen and oxygen atoms in total. The number of benzene rings is 1. The van der Waals surface area contributed by atoms with Crippen LogP contribution in [0, 0.1) is 11.8 Å². The van der Waals surface area contributed by atoms with E-state index in [9.17, 15) is 9.59 Å². The molecule has 2 atom stereocenters. The molecule has 6 heteroatoms. The Balaban J connectivity index is 2.06. The summed E-state index contributed by atoms with van der Waals surface area (Å²) in [5.41, 5.74) is 0.866. The van der Waals surface area contributed by atoms with Gasteiger partial charge in [0.05, 0.1) is 5.92 Å². The standard InChI is InChI=1S/C15H18ClNO4/c1-8(2)13(15(19)20)17-14(18)10-5-9-6-11(16)3-4-12(9)21-7-10/h3-4,6,8,10,13H,5,7H2,1-2H3,(H,17,18)(H,19,20)/t10?,13-/m1/s1. The molecule has 0 spiro atoms. The Morgan fingerprint density at radius 3 is 2.76 bits per heavy atom. The summed E-state index contributed by atoms with van der Waals surface area (Å²) in [6.45, 7) is 3.75. The Hall–Kier alpha value is -1.75. The molecule has 1 aliphatic heterocycles. The van der Waals surface area contributed by atoms with Crippen LogP contribution in [-0.2, 0) is 16.0 Å². The number of carbonyl (C=O) groups is 2. The zero-order chi connectivity index (χ0) is 15.6. The lowest BCUT2D eigenvalue weighted by molar-refractivity contribution is -0.144. The van der Waals surface area contributed by atoms with Crippen molar-refractivity contribution in [1.29, 1.82) is 0 Å². The number of nitrogens with one attached hydrogen (secondary N) is 1. The quantitative estimate of drug-likeness (QED) is 0.893. The molecule has 0 saturated heterocycles.